The van der Waals surface area contributed by atoms with Gasteiger partial charge in [0, 0.05) is 10.8 Å². The third-order valence-corrected chi connectivity index (χ3v) is 11.4. The van der Waals surface area contributed by atoms with Crippen molar-refractivity contribution < 1.29 is 16.8 Å². The molecule has 3 rings (SSSR count). The van der Waals surface area contributed by atoms with E-state index in [1.54, 1.807) is 0 Å². The van der Waals surface area contributed by atoms with Crippen LogP contribution in [0.2, 0.25) is 0 Å². The molecule has 0 bridgehead atoms. The van der Waals surface area contributed by atoms with Crippen LogP contribution in [-0.2, 0) is 19.7 Å². The lowest BCUT2D eigenvalue weighted by Crippen LogP contribution is -2.46. The minimum absolute atomic E-state index is 0.179. The molecule has 18 heavy (non-hydrogen) atoms. The van der Waals surface area contributed by atoms with Gasteiger partial charge in [-0.15, -0.1) is 23.2 Å². The summed E-state index contributed by atoms with van der Waals surface area (Å²) in [4.78, 5) is 0. The van der Waals surface area contributed by atoms with Crippen LogP contribution in [0.4, 0.5) is 0 Å². The Morgan fingerprint density at radius 1 is 0.778 bits per heavy atom. The van der Waals surface area contributed by atoms with Crippen molar-refractivity contribution in [3.63, 3.8) is 0 Å². The molecule has 2 saturated heterocycles. The van der Waals surface area contributed by atoms with Crippen molar-refractivity contribution in [2.24, 2.45) is 10.8 Å². The van der Waals surface area contributed by atoms with Gasteiger partial charge in [0.1, 0.15) is 9.42 Å². The largest absolute Gasteiger partial charge is 0.227 e. The quantitative estimate of drug-likeness (QED) is 0.630. The van der Waals surface area contributed by atoms with E-state index in [1.807, 2.05) is 0 Å². The van der Waals surface area contributed by atoms with Crippen LogP contribution in [-0.4, -0.2) is 37.8 Å². The summed E-state index contributed by atoms with van der Waals surface area (Å²) < 4.78 is 46.2. The monoisotopic (exact) mass is 332 g/mol. The molecule has 3 aliphatic rings. The summed E-state index contributed by atoms with van der Waals surface area (Å²) in [6.07, 6.45) is 2.73. The van der Waals surface area contributed by atoms with Crippen molar-refractivity contribution >= 4 is 42.9 Å². The summed E-state index contributed by atoms with van der Waals surface area (Å²) in [5, 5.41) is 0. The maximum Gasteiger partial charge on any atom is 0.168 e. The van der Waals surface area contributed by atoms with E-state index in [4.69, 9.17) is 23.2 Å². The molecule has 0 aromatic rings. The van der Waals surface area contributed by atoms with Gasteiger partial charge in [-0.1, -0.05) is 12.8 Å². The van der Waals surface area contributed by atoms with Crippen molar-refractivity contribution in [2.75, 3.05) is 11.5 Å². The van der Waals surface area contributed by atoms with Gasteiger partial charge in [-0.3, -0.25) is 0 Å². The Morgan fingerprint density at radius 3 is 1.44 bits per heavy atom. The minimum atomic E-state index is -3.45. The number of sulfone groups is 2. The molecule has 0 radical (unpaired) electrons. The molecule has 104 valence electrons. The lowest BCUT2D eigenvalue weighted by Gasteiger charge is -2.44. The number of hydrogen-bond acceptors (Lipinski definition) is 4. The molecule has 8 heteroatoms. The fourth-order valence-electron chi connectivity index (χ4n) is 4.17. The Balaban J connectivity index is 2.28. The zero-order valence-corrected chi connectivity index (χ0v) is 12.7. The van der Waals surface area contributed by atoms with Gasteiger partial charge in [0.05, 0.1) is 11.5 Å². The molecule has 0 amide bonds. The van der Waals surface area contributed by atoms with Crippen LogP contribution >= 0.6 is 23.2 Å². The summed E-state index contributed by atoms with van der Waals surface area (Å²) in [6, 6.07) is 0. The smallest absolute Gasteiger partial charge is 0.168 e. The van der Waals surface area contributed by atoms with E-state index in [1.165, 1.54) is 0 Å². The highest BCUT2D eigenvalue weighted by atomic mass is 35.5. The Bertz CT molecular complexity index is 545. The molecule has 1 saturated carbocycles. The predicted molar refractivity (Wildman–Crippen MR) is 70.2 cm³/mol. The molecule has 2 aliphatic heterocycles. The molecule has 1 aliphatic carbocycles. The first kappa shape index (κ1) is 13.5. The SMILES string of the molecule is O=S1(=O)C[C@]23CCCC[C@]2(CS(=O)(=O)[C@H]3Cl)[C@H]1Cl. The van der Waals surface area contributed by atoms with Crippen LogP contribution < -0.4 is 0 Å². The Morgan fingerprint density at radius 2 is 1.11 bits per heavy atom. The average molecular weight is 333 g/mol. The first-order chi connectivity index (χ1) is 8.18. The summed E-state index contributed by atoms with van der Waals surface area (Å²) in [5.41, 5.74) is -1.73. The first-order valence-corrected chi connectivity index (χ1v) is 10.2. The summed E-state index contributed by atoms with van der Waals surface area (Å²) >= 11 is 12.3. The maximum absolute atomic E-state index is 12.1. The lowest BCUT2D eigenvalue weighted by molar-refractivity contribution is 0.0780. The van der Waals surface area contributed by atoms with E-state index < -0.39 is 39.9 Å². The van der Waals surface area contributed by atoms with Crippen molar-refractivity contribution in [3.05, 3.63) is 0 Å². The van der Waals surface area contributed by atoms with E-state index >= 15 is 0 Å². The van der Waals surface area contributed by atoms with Gasteiger partial charge in [-0.05, 0) is 12.8 Å². The van der Waals surface area contributed by atoms with Gasteiger partial charge in [0.15, 0.2) is 19.7 Å². The van der Waals surface area contributed by atoms with Crippen LogP contribution in [0.25, 0.3) is 0 Å². The molecule has 3 fully saturated rings. The summed E-state index contributed by atoms with van der Waals surface area (Å²) in [5.74, 6) is -0.358. The summed E-state index contributed by atoms with van der Waals surface area (Å²) in [6.45, 7) is 0. The number of rotatable bonds is 0. The molecule has 0 spiro atoms. The van der Waals surface area contributed by atoms with Crippen LogP contribution in [0.3, 0.4) is 0 Å². The van der Waals surface area contributed by atoms with E-state index in [9.17, 15) is 16.8 Å². The molecule has 4 atom stereocenters. The molecular weight excluding hydrogens is 319 g/mol. The summed E-state index contributed by atoms with van der Waals surface area (Å²) in [7, 11) is -6.90. The third-order valence-electron chi connectivity index (χ3n) is 4.90. The Hall–Kier alpha value is 0.480. The fraction of sp³-hybridized carbons (Fsp3) is 1.00. The number of hydrogen-bond donors (Lipinski definition) is 0. The highest BCUT2D eigenvalue weighted by Gasteiger charge is 2.76. The van der Waals surface area contributed by atoms with Gasteiger partial charge in [-0.25, -0.2) is 16.8 Å². The standard InChI is InChI=1S/C10H14Cl2O4S2/c11-7-9-3-1-2-4-10(9,6-18(7,15)16)8(12)17(13,14)5-9/h7-8H,1-6H2/t7-,8+,9-,10-/m0/s1. The van der Waals surface area contributed by atoms with E-state index in [0.29, 0.717) is 12.8 Å². The molecule has 0 N–H and O–H groups in total. The zero-order chi connectivity index (χ0) is 13.4. The van der Waals surface area contributed by atoms with E-state index in [-0.39, 0.29) is 11.5 Å². The van der Waals surface area contributed by atoms with Gasteiger partial charge >= 0.3 is 0 Å². The van der Waals surface area contributed by atoms with Crippen molar-refractivity contribution in [2.45, 2.75) is 35.1 Å². The van der Waals surface area contributed by atoms with Crippen molar-refractivity contribution in [3.8, 4) is 0 Å². The lowest BCUT2D eigenvalue weighted by atomic mass is 9.59. The molecule has 2 heterocycles. The second-order valence-electron chi connectivity index (χ2n) is 5.77. The fourth-order valence-corrected chi connectivity index (χ4v) is 10.9. The Kier molecular flexibility index (Phi) is 2.67. The molecule has 0 aromatic heterocycles. The van der Waals surface area contributed by atoms with E-state index in [2.05, 4.69) is 0 Å². The Labute approximate surface area is 117 Å². The second-order valence-corrected chi connectivity index (χ2v) is 11.3. The second kappa shape index (κ2) is 3.57. The highest BCUT2D eigenvalue weighted by Crippen LogP contribution is 2.68. The molecular formula is C10H14Cl2O4S2. The molecule has 4 nitrogen and oxygen atoms in total. The average Bonchev–Trinajstić information content (AvgIpc) is 2.55. The normalized spacial score (nSPS) is 52.8. The van der Waals surface area contributed by atoms with Crippen molar-refractivity contribution in [1.82, 2.24) is 0 Å². The van der Waals surface area contributed by atoms with Gasteiger partial charge in [-0.2, -0.15) is 0 Å². The molecule has 0 aromatic carbocycles. The van der Waals surface area contributed by atoms with Crippen LogP contribution in [0.1, 0.15) is 25.7 Å². The van der Waals surface area contributed by atoms with Crippen LogP contribution in [0, 0.1) is 10.8 Å². The van der Waals surface area contributed by atoms with Crippen LogP contribution in [0.5, 0.6) is 0 Å². The molecule has 0 unspecified atom stereocenters. The number of halogens is 2. The highest BCUT2D eigenvalue weighted by molar-refractivity contribution is 7.95. The van der Waals surface area contributed by atoms with Crippen molar-refractivity contribution in [1.29, 1.82) is 0 Å². The minimum Gasteiger partial charge on any atom is -0.227 e. The first-order valence-electron chi connectivity index (χ1n) is 5.89. The van der Waals surface area contributed by atoms with Gasteiger partial charge in [0.2, 0.25) is 0 Å². The maximum atomic E-state index is 12.1. The number of alkyl halides is 2. The zero-order valence-electron chi connectivity index (χ0n) is 9.60. The van der Waals surface area contributed by atoms with Crippen LogP contribution in [0.15, 0.2) is 0 Å². The topological polar surface area (TPSA) is 68.3 Å². The van der Waals surface area contributed by atoms with Gasteiger partial charge < -0.3 is 0 Å². The van der Waals surface area contributed by atoms with Gasteiger partial charge in [0.25, 0.3) is 0 Å². The van der Waals surface area contributed by atoms with E-state index in [0.717, 1.165) is 12.8 Å². The third kappa shape index (κ3) is 1.33. The predicted octanol–water partition coefficient (Wildman–Crippen LogP) is 1.52.